The third kappa shape index (κ3) is 1.63. The number of ether oxygens (including phenoxy) is 4. The van der Waals surface area contributed by atoms with Gasteiger partial charge in [0, 0.05) is 24.0 Å². The summed E-state index contributed by atoms with van der Waals surface area (Å²) in [7, 11) is 3.28. The van der Waals surface area contributed by atoms with Crippen molar-refractivity contribution in [2.45, 2.75) is 18.4 Å². The SMILES string of the molecule is COc1cc2c(cc1OC)C1COCCC1O2. The number of fused-ring (bicyclic) bond motifs is 3. The second kappa shape index (κ2) is 4.11. The first-order valence-electron chi connectivity index (χ1n) is 5.84. The van der Waals surface area contributed by atoms with Crippen LogP contribution in [0.3, 0.4) is 0 Å². The van der Waals surface area contributed by atoms with Gasteiger partial charge in [0.15, 0.2) is 11.5 Å². The van der Waals surface area contributed by atoms with Crippen LogP contribution in [0.25, 0.3) is 0 Å². The Balaban J connectivity index is 2.02. The molecule has 0 amide bonds. The van der Waals surface area contributed by atoms with Crippen LogP contribution >= 0.6 is 0 Å². The van der Waals surface area contributed by atoms with E-state index in [0.717, 1.165) is 31.1 Å². The van der Waals surface area contributed by atoms with Crippen LogP contribution in [-0.4, -0.2) is 33.5 Å². The van der Waals surface area contributed by atoms with E-state index in [1.165, 1.54) is 5.56 Å². The van der Waals surface area contributed by atoms with E-state index in [1.54, 1.807) is 14.2 Å². The number of methoxy groups -OCH3 is 2. The molecule has 0 aromatic heterocycles. The molecule has 1 aromatic carbocycles. The first-order valence-corrected chi connectivity index (χ1v) is 5.84. The van der Waals surface area contributed by atoms with Crippen LogP contribution in [0.4, 0.5) is 0 Å². The van der Waals surface area contributed by atoms with Gasteiger partial charge in [-0.2, -0.15) is 0 Å². The van der Waals surface area contributed by atoms with Crippen molar-refractivity contribution in [2.24, 2.45) is 0 Å². The fourth-order valence-corrected chi connectivity index (χ4v) is 2.58. The number of hydrogen-bond donors (Lipinski definition) is 0. The average molecular weight is 236 g/mol. The minimum atomic E-state index is 0.246. The predicted octanol–water partition coefficient (Wildman–Crippen LogP) is 1.97. The quantitative estimate of drug-likeness (QED) is 0.786. The fraction of sp³-hybridized carbons (Fsp3) is 0.538. The second-order valence-corrected chi connectivity index (χ2v) is 4.37. The smallest absolute Gasteiger partial charge is 0.164 e. The highest BCUT2D eigenvalue weighted by atomic mass is 16.5. The summed E-state index contributed by atoms with van der Waals surface area (Å²) in [4.78, 5) is 0. The van der Waals surface area contributed by atoms with Crippen molar-refractivity contribution in [1.82, 2.24) is 0 Å². The molecule has 0 saturated carbocycles. The summed E-state index contributed by atoms with van der Waals surface area (Å²) in [6.45, 7) is 1.51. The average Bonchev–Trinajstić information content (AvgIpc) is 2.74. The molecule has 2 aliphatic rings. The molecule has 92 valence electrons. The summed E-state index contributed by atoms with van der Waals surface area (Å²) < 4.78 is 22.1. The molecular weight excluding hydrogens is 220 g/mol. The van der Waals surface area contributed by atoms with Gasteiger partial charge in [-0.15, -0.1) is 0 Å². The number of benzene rings is 1. The van der Waals surface area contributed by atoms with Crippen LogP contribution in [0.5, 0.6) is 17.2 Å². The van der Waals surface area contributed by atoms with Crippen molar-refractivity contribution in [3.05, 3.63) is 17.7 Å². The maximum atomic E-state index is 5.94. The van der Waals surface area contributed by atoms with Gasteiger partial charge in [-0.3, -0.25) is 0 Å². The van der Waals surface area contributed by atoms with Crippen LogP contribution in [0.1, 0.15) is 17.9 Å². The third-order valence-electron chi connectivity index (χ3n) is 3.49. The maximum Gasteiger partial charge on any atom is 0.164 e. The molecule has 0 aliphatic carbocycles. The lowest BCUT2D eigenvalue weighted by Crippen LogP contribution is -2.29. The predicted molar refractivity (Wildman–Crippen MR) is 62.1 cm³/mol. The van der Waals surface area contributed by atoms with Crippen LogP contribution < -0.4 is 14.2 Å². The topological polar surface area (TPSA) is 36.9 Å². The van der Waals surface area contributed by atoms with Crippen molar-refractivity contribution in [3.63, 3.8) is 0 Å². The molecule has 1 saturated heterocycles. The standard InChI is InChI=1S/C13H16O4/c1-14-12-5-8-9-7-16-4-3-10(9)17-11(8)6-13(12)15-2/h5-6,9-10H,3-4,7H2,1-2H3. The monoisotopic (exact) mass is 236 g/mol. The Labute approximate surface area is 100 Å². The van der Waals surface area contributed by atoms with Gasteiger partial charge < -0.3 is 18.9 Å². The second-order valence-electron chi connectivity index (χ2n) is 4.37. The highest BCUT2D eigenvalue weighted by molar-refractivity contribution is 5.54. The molecule has 0 bridgehead atoms. The lowest BCUT2D eigenvalue weighted by atomic mass is 9.93. The Hall–Kier alpha value is -1.42. The van der Waals surface area contributed by atoms with Crippen molar-refractivity contribution < 1.29 is 18.9 Å². The lowest BCUT2D eigenvalue weighted by Gasteiger charge is -2.24. The van der Waals surface area contributed by atoms with Gasteiger partial charge in [0.2, 0.25) is 0 Å². The fourth-order valence-electron chi connectivity index (χ4n) is 2.58. The molecule has 0 radical (unpaired) electrons. The Morgan fingerprint density at radius 3 is 2.71 bits per heavy atom. The van der Waals surface area contributed by atoms with Gasteiger partial charge in [-0.1, -0.05) is 0 Å². The molecule has 1 aromatic rings. The van der Waals surface area contributed by atoms with Crippen LogP contribution in [-0.2, 0) is 4.74 Å². The molecule has 2 heterocycles. The molecule has 4 heteroatoms. The normalized spacial score (nSPS) is 25.8. The summed E-state index contributed by atoms with van der Waals surface area (Å²) in [5, 5.41) is 0. The Kier molecular flexibility index (Phi) is 2.59. The molecule has 0 spiro atoms. The van der Waals surface area contributed by atoms with Gasteiger partial charge >= 0.3 is 0 Å². The molecule has 2 unspecified atom stereocenters. The third-order valence-corrected chi connectivity index (χ3v) is 3.49. The first kappa shape index (κ1) is 10.7. The van der Waals surface area contributed by atoms with Crippen LogP contribution in [0, 0.1) is 0 Å². The van der Waals surface area contributed by atoms with E-state index in [4.69, 9.17) is 18.9 Å². The molecule has 4 nitrogen and oxygen atoms in total. The van der Waals surface area contributed by atoms with E-state index < -0.39 is 0 Å². The van der Waals surface area contributed by atoms with Gasteiger partial charge in [0.25, 0.3) is 0 Å². The Morgan fingerprint density at radius 1 is 1.18 bits per heavy atom. The van der Waals surface area contributed by atoms with E-state index in [0.29, 0.717) is 11.7 Å². The van der Waals surface area contributed by atoms with Crippen molar-refractivity contribution in [1.29, 1.82) is 0 Å². The highest BCUT2D eigenvalue weighted by Crippen LogP contribution is 2.46. The molecular formula is C13H16O4. The summed E-state index contributed by atoms with van der Waals surface area (Å²) in [5.74, 6) is 2.70. The van der Waals surface area contributed by atoms with Gasteiger partial charge in [0.05, 0.1) is 27.4 Å². The summed E-state index contributed by atoms with van der Waals surface area (Å²) >= 11 is 0. The van der Waals surface area contributed by atoms with Crippen molar-refractivity contribution >= 4 is 0 Å². The first-order chi connectivity index (χ1) is 8.33. The van der Waals surface area contributed by atoms with Gasteiger partial charge in [-0.05, 0) is 6.07 Å². The van der Waals surface area contributed by atoms with Gasteiger partial charge in [-0.25, -0.2) is 0 Å². The van der Waals surface area contributed by atoms with Crippen LogP contribution in [0.2, 0.25) is 0 Å². The zero-order chi connectivity index (χ0) is 11.8. The van der Waals surface area contributed by atoms with E-state index in [2.05, 4.69) is 0 Å². The van der Waals surface area contributed by atoms with E-state index >= 15 is 0 Å². The van der Waals surface area contributed by atoms with E-state index in [9.17, 15) is 0 Å². The molecule has 0 N–H and O–H groups in total. The van der Waals surface area contributed by atoms with Crippen molar-refractivity contribution in [3.8, 4) is 17.2 Å². The molecule has 2 atom stereocenters. The number of hydrogen-bond acceptors (Lipinski definition) is 4. The minimum Gasteiger partial charge on any atom is -0.493 e. The van der Waals surface area contributed by atoms with E-state index in [1.807, 2.05) is 12.1 Å². The molecule has 3 rings (SSSR count). The summed E-state index contributed by atoms with van der Waals surface area (Å²) in [6.07, 6.45) is 1.19. The van der Waals surface area contributed by atoms with Crippen molar-refractivity contribution in [2.75, 3.05) is 27.4 Å². The largest absolute Gasteiger partial charge is 0.493 e. The Morgan fingerprint density at radius 2 is 1.94 bits per heavy atom. The Bertz CT molecular complexity index is 430. The van der Waals surface area contributed by atoms with Gasteiger partial charge in [0.1, 0.15) is 11.9 Å². The lowest BCUT2D eigenvalue weighted by molar-refractivity contribution is 0.0225. The molecule has 17 heavy (non-hydrogen) atoms. The summed E-state index contributed by atoms with van der Waals surface area (Å²) in [6, 6.07) is 3.92. The van der Waals surface area contributed by atoms with Crippen LogP contribution in [0.15, 0.2) is 12.1 Å². The van der Waals surface area contributed by atoms with E-state index in [-0.39, 0.29) is 6.10 Å². The summed E-state index contributed by atoms with van der Waals surface area (Å²) in [5.41, 5.74) is 1.17. The zero-order valence-electron chi connectivity index (χ0n) is 10.1. The minimum absolute atomic E-state index is 0.246. The maximum absolute atomic E-state index is 5.94. The molecule has 1 fully saturated rings. The highest BCUT2D eigenvalue weighted by Gasteiger charge is 2.37. The number of rotatable bonds is 2. The zero-order valence-corrected chi connectivity index (χ0v) is 10.1. The molecule has 2 aliphatic heterocycles.